The first-order chi connectivity index (χ1) is 12.3. The van der Waals surface area contributed by atoms with E-state index in [1.807, 2.05) is 4.90 Å². The Balaban J connectivity index is 1.49. The van der Waals surface area contributed by atoms with Gasteiger partial charge in [-0.25, -0.2) is 4.98 Å². The molecule has 0 radical (unpaired) electrons. The zero-order chi connectivity index (χ0) is 18.7. The van der Waals surface area contributed by atoms with Crippen molar-refractivity contribution in [3.05, 3.63) is 23.9 Å². The maximum atomic E-state index is 12.6. The van der Waals surface area contributed by atoms with Crippen molar-refractivity contribution in [1.82, 2.24) is 10.3 Å². The molecule has 144 valence electrons. The Labute approximate surface area is 151 Å². The summed E-state index contributed by atoms with van der Waals surface area (Å²) in [4.78, 5) is 18.3. The highest BCUT2D eigenvalue weighted by atomic mass is 19.4. The van der Waals surface area contributed by atoms with Crippen LogP contribution in [0.2, 0.25) is 0 Å². The van der Waals surface area contributed by atoms with Crippen molar-refractivity contribution in [2.24, 2.45) is 11.7 Å². The number of piperidine rings is 1. The number of amides is 1. The molecule has 3 rings (SSSR count). The van der Waals surface area contributed by atoms with Gasteiger partial charge in [0.05, 0.1) is 5.56 Å². The number of carbonyl (C=O) groups excluding carboxylic acids is 1. The molecule has 0 bridgehead atoms. The Kier molecular flexibility index (Phi) is 5.70. The lowest BCUT2D eigenvalue weighted by Crippen LogP contribution is -2.47. The summed E-state index contributed by atoms with van der Waals surface area (Å²) in [5, 5.41) is 3.12. The fraction of sp³-hybridized carbons (Fsp3) is 0.667. The summed E-state index contributed by atoms with van der Waals surface area (Å²) < 4.78 is 37.8. The first-order valence-corrected chi connectivity index (χ1v) is 9.17. The van der Waals surface area contributed by atoms with Crippen LogP contribution in [0.15, 0.2) is 18.3 Å². The van der Waals surface area contributed by atoms with Gasteiger partial charge in [-0.05, 0) is 44.2 Å². The minimum Gasteiger partial charge on any atom is -0.356 e. The molecule has 8 heteroatoms. The minimum absolute atomic E-state index is 0.00774. The molecule has 1 saturated carbocycles. The number of hydrogen-bond acceptors (Lipinski definition) is 4. The van der Waals surface area contributed by atoms with E-state index in [0.717, 1.165) is 50.8 Å². The Bertz CT molecular complexity index is 612. The number of aromatic nitrogens is 1. The highest BCUT2D eigenvalue weighted by Crippen LogP contribution is 2.30. The lowest BCUT2D eigenvalue weighted by molar-refractivity contribution is -0.137. The average molecular weight is 370 g/mol. The number of nitrogens with zero attached hydrogens (tertiary/aromatic N) is 2. The quantitative estimate of drug-likeness (QED) is 0.858. The van der Waals surface area contributed by atoms with E-state index in [-0.39, 0.29) is 23.9 Å². The molecule has 1 aromatic heterocycles. The molecule has 5 nitrogen and oxygen atoms in total. The highest BCUT2D eigenvalue weighted by molar-refractivity contribution is 5.79. The van der Waals surface area contributed by atoms with Crippen LogP contribution in [0.4, 0.5) is 19.0 Å². The van der Waals surface area contributed by atoms with Crippen LogP contribution in [0, 0.1) is 5.92 Å². The van der Waals surface area contributed by atoms with Crippen molar-refractivity contribution < 1.29 is 18.0 Å². The van der Waals surface area contributed by atoms with Gasteiger partial charge in [-0.1, -0.05) is 6.42 Å². The first kappa shape index (κ1) is 18.9. The highest BCUT2D eigenvalue weighted by Gasteiger charge is 2.31. The van der Waals surface area contributed by atoms with Gasteiger partial charge in [0.15, 0.2) is 0 Å². The van der Waals surface area contributed by atoms with E-state index < -0.39 is 11.7 Å². The maximum Gasteiger partial charge on any atom is 0.417 e. The zero-order valence-electron chi connectivity index (χ0n) is 14.6. The lowest BCUT2D eigenvalue weighted by atomic mass is 9.85. The largest absolute Gasteiger partial charge is 0.417 e. The van der Waals surface area contributed by atoms with Crippen LogP contribution in [-0.2, 0) is 11.0 Å². The summed E-state index contributed by atoms with van der Waals surface area (Å²) in [5.74, 6) is 0.639. The third-order valence-electron chi connectivity index (χ3n) is 5.33. The fourth-order valence-electron chi connectivity index (χ4n) is 3.78. The van der Waals surface area contributed by atoms with Gasteiger partial charge >= 0.3 is 6.18 Å². The predicted molar refractivity (Wildman–Crippen MR) is 92.6 cm³/mol. The van der Waals surface area contributed by atoms with Crippen LogP contribution < -0.4 is 16.0 Å². The Hall–Kier alpha value is -1.83. The molecular formula is C18H25F3N4O. The van der Waals surface area contributed by atoms with Gasteiger partial charge in [-0.3, -0.25) is 4.79 Å². The summed E-state index contributed by atoms with van der Waals surface area (Å²) >= 11 is 0. The molecule has 2 unspecified atom stereocenters. The second kappa shape index (κ2) is 7.82. The average Bonchev–Trinajstić information content (AvgIpc) is 2.62. The summed E-state index contributed by atoms with van der Waals surface area (Å²) in [7, 11) is 0. The van der Waals surface area contributed by atoms with E-state index in [9.17, 15) is 18.0 Å². The summed E-state index contributed by atoms with van der Waals surface area (Å²) in [5.41, 5.74) is 5.21. The molecule has 1 amide bonds. The third-order valence-corrected chi connectivity index (χ3v) is 5.33. The van der Waals surface area contributed by atoms with Crippen molar-refractivity contribution >= 4 is 11.7 Å². The molecule has 1 saturated heterocycles. The number of rotatable bonds is 3. The van der Waals surface area contributed by atoms with Gasteiger partial charge in [0.2, 0.25) is 5.91 Å². The molecular weight excluding hydrogens is 345 g/mol. The van der Waals surface area contributed by atoms with Crippen molar-refractivity contribution in [3.8, 4) is 0 Å². The predicted octanol–water partition coefficient (Wildman–Crippen LogP) is 2.70. The Morgan fingerprint density at radius 2 is 1.92 bits per heavy atom. The summed E-state index contributed by atoms with van der Waals surface area (Å²) in [6.07, 6.45) is 1.65. The van der Waals surface area contributed by atoms with E-state index >= 15 is 0 Å². The van der Waals surface area contributed by atoms with Gasteiger partial charge in [0.1, 0.15) is 5.82 Å². The second-order valence-corrected chi connectivity index (χ2v) is 7.30. The number of hydrogen-bond donors (Lipinski definition) is 2. The van der Waals surface area contributed by atoms with Crippen LogP contribution >= 0.6 is 0 Å². The van der Waals surface area contributed by atoms with E-state index in [2.05, 4.69) is 10.3 Å². The molecule has 26 heavy (non-hydrogen) atoms. The molecule has 1 aliphatic carbocycles. The number of halogens is 3. The van der Waals surface area contributed by atoms with Crippen LogP contribution in [-0.4, -0.2) is 36.1 Å². The number of nitrogens with one attached hydrogen (secondary N) is 1. The molecule has 1 aromatic rings. The Morgan fingerprint density at radius 1 is 1.19 bits per heavy atom. The fourth-order valence-corrected chi connectivity index (χ4v) is 3.78. The first-order valence-electron chi connectivity index (χ1n) is 9.17. The van der Waals surface area contributed by atoms with Gasteiger partial charge in [0.25, 0.3) is 0 Å². The van der Waals surface area contributed by atoms with Gasteiger partial charge in [-0.2, -0.15) is 13.2 Å². The van der Waals surface area contributed by atoms with Crippen LogP contribution in [0.3, 0.4) is 0 Å². The zero-order valence-corrected chi connectivity index (χ0v) is 14.6. The van der Waals surface area contributed by atoms with E-state index in [1.54, 1.807) is 0 Å². The number of alkyl halides is 3. The second-order valence-electron chi connectivity index (χ2n) is 7.30. The topological polar surface area (TPSA) is 71.2 Å². The van der Waals surface area contributed by atoms with Crippen LogP contribution in [0.5, 0.6) is 0 Å². The lowest BCUT2D eigenvalue weighted by Gasteiger charge is -2.34. The maximum absolute atomic E-state index is 12.6. The molecule has 2 atom stereocenters. The number of nitrogens with two attached hydrogens (primary N) is 1. The van der Waals surface area contributed by atoms with E-state index in [4.69, 9.17) is 5.73 Å². The molecule has 0 spiro atoms. The number of pyridine rings is 1. The molecule has 2 heterocycles. The van der Waals surface area contributed by atoms with Crippen LogP contribution in [0.1, 0.15) is 44.1 Å². The molecule has 2 aliphatic rings. The monoisotopic (exact) mass is 370 g/mol. The molecule has 0 aromatic carbocycles. The van der Waals surface area contributed by atoms with Gasteiger partial charge in [0, 0.05) is 37.3 Å². The van der Waals surface area contributed by atoms with Crippen molar-refractivity contribution in [2.45, 2.75) is 56.8 Å². The summed E-state index contributed by atoms with van der Waals surface area (Å²) in [6.45, 7) is 1.32. The van der Waals surface area contributed by atoms with Crippen molar-refractivity contribution in [1.29, 1.82) is 0 Å². The number of anilines is 1. The standard InChI is InChI=1S/C18H25F3N4O/c19-18(20,21)13-4-5-16(23-11-13)25-8-6-15(7-9-25)24-17(26)12-2-1-3-14(22)10-12/h4-5,11-12,14-15H,1-3,6-10,22H2,(H,24,26). The normalized spacial score (nSPS) is 25.2. The van der Waals surface area contributed by atoms with Crippen molar-refractivity contribution in [2.75, 3.05) is 18.0 Å². The Morgan fingerprint density at radius 3 is 2.50 bits per heavy atom. The summed E-state index contributed by atoms with van der Waals surface area (Å²) in [6, 6.07) is 2.69. The van der Waals surface area contributed by atoms with Crippen LogP contribution in [0.25, 0.3) is 0 Å². The van der Waals surface area contributed by atoms with E-state index in [0.29, 0.717) is 18.9 Å². The molecule has 2 fully saturated rings. The van der Waals surface area contributed by atoms with E-state index in [1.165, 1.54) is 6.07 Å². The number of carbonyl (C=O) groups is 1. The molecule has 1 aliphatic heterocycles. The van der Waals surface area contributed by atoms with Crippen molar-refractivity contribution in [3.63, 3.8) is 0 Å². The minimum atomic E-state index is -4.37. The SMILES string of the molecule is NC1CCCC(C(=O)NC2CCN(c3ccc(C(F)(F)F)cn3)CC2)C1. The van der Waals surface area contributed by atoms with Gasteiger partial charge in [-0.15, -0.1) is 0 Å². The van der Waals surface area contributed by atoms with Gasteiger partial charge < -0.3 is 16.0 Å². The third kappa shape index (κ3) is 4.66. The smallest absolute Gasteiger partial charge is 0.356 e. The molecule has 3 N–H and O–H groups in total.